The number of hydrogen-bond acceptors (Lipinski definition) is 7. The fraction of sp³-hybridized carbons (Fsp3) is 0.467. The van der Waals surface area contributed by atoms with Gasteiger partial charge in [0, 0.05) is 17.0 Å². The van der Waals surface area contributed by atoms with Crippen molar-refractivity contribution < 1.29 is 36.6 Å². The van der Waals surface area contributed by atoms with Crippen LogP contribution in [-0.4, -0.2) is 38.2 Å². The molecule has 0 aliphatic heterocycles. The molecule has 1 saturated carbocycles. The van der Waals surface area contributed by atoms with E-state index < -0.39 is 38.2 Å². The summed E-state index contributed by atoms with van der Waals surface area (Å²) < 4.78 is 69.9. The maximum absolute atomic E-state index is 16.1. The summed E-state index contributed by atoms with van der Waals surface area (Å²) in [5.41, 5.74) is -0.0139. The van der Waals surface area contributed by atoms with E-state index in [1.54, 1.807) is 6.07 Å². The van der Waals surface area contributed by atoms with E-state index >= 15 is 4.39 Å². The SMILES string of the molecule is CCCCOc1c(F)c(-c2nc(S(=O)(=O)Nc3cc(F)c(C(=O)O)cc3OC)cs2)ccc1[C@H]1CC[C@@H](C(C)C)CC1. The number of aromatic carboxylic acids is 1. The molecule has 3 aromatic rings. The molecule has 2 aromatic carbocycles. The third-order valence-corrected chi connectivity index (χ3v) is 10.1. The van der Waals surface area contributed by atoms with Crippen LogP contribution >= 0.6 is 11.3 Å². The van der Waals surface area contributed by atoms with Gasteiger partial charge in [-0.3, -0.25) is 4.72 Å². The van der Waals surface area contributed by atoms with Crippen molar-refractivity contribution in [3.63, 3.8) is 0 Å². The molecule has 1 fully saturated rings. The van der Waals surface area contributed by atoms with E-state index in [1.807, 2.05) is 13.0 Å². The van der Waals surface area contributed by atoms with Crippen molar-refractivity contribution in [2.24, 2.45) is 11.8 Å². The molecule has 228 valence electrons. The van der Waals surface area contributed by atoms with E-state index in [9.17, 15) is 17.6 Å². The number of aromatic nitrogens is 1. The number of benzene rings is 2. The molecule has 1 aromatic heterocycles. The van der Waals surface area contributed by atoms with E-state index in [2.05, 4.69) is 23.6 Å². The van der Waals surface area contributed by atoms with Crippen LogP contribution in [0.5, 0.6) is 11.5 Å². The molecule has 0 radical (unpaired) electrons. The number of carbonyl (C=O) groups is 1. The van der Waals surface area contributed by atoms with Gasteiger partial charge in [-0.25, -0.2) is 18.6 Å². The number of unbranched alkanes of at least 4 members (excludes halogenated alkanes) is 1. The lowest BCUT2D eigenvalue weighted by Gasteiger charge is -2.32. The molecule has 1 aliphatic rings. The summed E-state index contributed by atoms with van der Waals surface area (Å²) in [7, 11) is -3.16. The molecule has 0 unspecified atom stereocenters. The lowest BCUT2D eigenvalue weighted by Crippen LogP contribution is -2.18. The highest BCUT2D eigenvalue weighted by molar-refractivity contribution is 7.92. The number of halogens is 2. The summed E-state index contributed by atoms with van der Waals surface area (Å²) in [5.74, 6) is -1.79. The van der Waals surface area contributed by atoms with Crippen molar-refractivity contribution in [1.29, 1.82) is 0 Å². The number of carboxylic acid groups (broad SMARTS) is 1. The Bertz CT molecular complexity index is 1530. The van der Waals surface area contributed by atoms with E-state index in [0.29, 0.717) is 18.4 Å². The second-order valence-corrected chi connectivity index (χ2v) is 13.3. The van der Waals surface area contributed by atoms with Gasteiger partial charge < -0.3 is 14.6 Å². The summed E-state index contributed by atoms with van der Waals surface area (Å²) in [6.45, 7) is 6.87. The van der Waals surface area contributed by atoms with Crippen LogP contribution in [0.15, 0.2) is 34.7 Å². The Labute approximate surface area is 249 Å². The first-order valence-corrected chi connectivity index (χ1v) is 16.4. The number of rotatable bonds is 12. The van der Waals surface area contributed by atoms with E-state index in [0.717, 1.165) is 67.6 Å². The van der Waals surface area contributed by atoms with E-state index in [1.165, 1.54) is 12.5 Å². The number of nitrogens with zero attached hydrogens (tertiary/aromatic N) is 1. The Balaban J connectivity index is 1.64. The van der Waals surface area contributed by atoms with Crippen LogP contribution in [0.1, 0.15) is 81.1 Å². The fourth-order valence-corrected chi connectivity index (χ4v) is 7.46. The predicted octanol–water partition coefficient (Wildman–Crippen LogP) is 7.70. The maximum atomic E-state index is 16.1. The maximum Gasteiger partial charge on any atom is 0.338 e. The number of sulfonamides is 1. The average Bonchev–Trinajstić information content (AvgIpc) is 3.45. The first-order valence-electron chi connectivity index (χ1n) is 14.0. The number of carboxylic acids is 1. The van der Waals surface area contributed by atoms with Crippen molar-refractivity contribution >= 4 is 33.0 Å². The standard InChI is InChI=1S/C30H36F2N2O6S2/c1-5-6-13-40-28-20(19-9-7-18(8-10-19)17(2)3)11-12-21(27(28)32)29-33-26(16-41-29)42(37,38)34-24-15-23(31)22(30(35)36)14-25(24)39-4/h11-12,14-19,34H,5-10,13H2,1-4H3,(H,35,36)/t18-,19+. The highest BCUT2D eigenvalue weighted by Crippen LogP contribution is 2.44. The van der Waals surface area contributed by atoms with Gasteiger partial charge in [0.2, 0.25) is 0 Å². The Hall–Kier alpha value is -3.25. The number of hydrogen-bond donors (Lipinski definition) is 2. The molecule has 1 heterocycles. The van der Waals surface area contributed by atoms with Gasteiger partial charge in [0.05, 0.1) is 30.5 Å². The van der Waals surface area contributed by atoms with Crippen molar-refractivity contribution in [3.8, 4) is 22.1 Å². The van der Waals surface area contributed by atoms with Crippen LogP contribution in [0, 0.1) is 23.5 Å². The number of anilines is 1. The van der Waals surface area contributed by atoms with Crippen LogP contribution in [0.2, 0.25) is 0 Å². The molecular weight excluding hydrogens is 586 g/mol. The van der Waals surface area contributed by atoms with Crippen molar-refractivity contribution in [2.75, 3.05) is 18.4 Å². The van der Waals surface area contributed by atoms with Crippen molar-refractivity contribution in [2.45, 2.75) is 70.2 Å². The molecule has 8 nitrogen and oxygen atoms in total. The summed E-state index contributed by atoms with van der Waals surface area (Å²) in [6.07, 6.45) is 5.72. The summed E-state index contributed by atoms with van der Waals surface area (Å²) >= 11 is 0.947. The zero-order valence-electron chi connectivity index (χ0n) is 24.1. The van der Waals surface area contributed by atoms with Crippen LogP contribution < -0.4 is 14.2 Å². The van der Waals surface area contributed by atoms with Crippen LogP contribution in [0.3, 0.4) is 0 Å². The quantitative estimate of drug-likeness (QED) is 0.199. The molecule has 0 amide bonds. The zero-order chi connectivity index (χ0) is 30.6. The van der Waals surface area contributed by atoms with Crippen LogP contribution in [0.4, 0.5) is 14.5 Å². The summed E-state index contributed by atoms with van der Waals surface area (Å²) in [6, 6.07) is 5.09. The van der Waals surface area contributed by atoms with Gasteiger partial charge in [0.25, 0.3) is 10.0 Å². The highest BCUT2D eigenvalue weighted by Gasteiger charge is 2.30. The van der Waals surface area contributed by atoms with E-state index in [-0.39, 0.29) is 33.7 Å². The van der Waals surface area contributed by atoms with Gasteiger partial charge in [0.15, 0.2) is 16.6 Å². The van der Waals surface area contributed by atoms with Crippen molar-refractivity contribution in [3.05, 3.63) is 52.4 Å². The molecule has 42 heavy (non-hydrogen) atoms. The van der Waals surface area contributed by atoms with Gasteiger partial charge in [-0.15, -0.1) is 11.3 Å². The topological polar surface area (TPSA) is 115 Å². The minimum absolute atomic E-state index is 0.127. The number of thiazole rings is 1. The first kappa shape index (κ1) is 31.7. The molecule has 0 saturated heterocycles. The number of nitrogens with one attached hydrogen (secondary N) is 1. The zero-order valence-corrected chi connectivity index (χ0v) is 25.7. The van der Waals surface area contributed by atoms with Gasteiger partial charge in [0.1, 0.15) is 16.6 Å². The monoisotopic (exact) mass is 622 g/mol. The predicted molar refractivity (Wildman–Crippen MR) is 158 cm³/mol. The van der Waals surface area contributed by atoms with Crippen LogP contribution in [-0.2, 0) is 10.0 Å². The largest absolute Gasteiger partial charge is 0.495 e. The first-order chi connectivity index (χ1) is 20.0. The lowest BCUT2D eigenvalue weighted by molar-refractivity contribution is 0.0691. The molecule has 4 rings (SSSR count). The van der Waals surface area contributed by atoms with Gasteiger partial charge in [-0.1, -0.05) is 33.3 Å². The molecule has 12 heteroatoms. The second kappa shape index (κ2) is 13.4. The molecule has 2 N–H and O–H groups in total. The Kier molecular flexibility index (Phi) is 10.1. The fourth-order valence-electron chi connectivity index (χ4n) is 5.29. The Morgan fingerprint density at radius 2 is 1.90 bits per heavy atom. The minimum atomic E-state index is -4.36. The molecule has 0 atom stereocenters. The molecule has 0 bridgehead atoms. The minimum Gasteiger partial charge on any atom is -0.495 e. The molecular formula is C30H36F2N2O6S2. The van der Waals surface area contributed by atoms with E-state index in [4.69, 9.17) is 14.6 Å². The Morgan fingerprint density at radius 3 is 2.52 bits per heavy atom. The van der Waals surface area contributed by atoms with Gasteiger partial charge >= 0.3 is 5.97 Å². The third kappa shape index (κ3) is 6.86. The molecule has 0 spiro atoms. The smallest absolute Gasteiger partial charge is 0.338 e. The number of methoxy groups -OCH3 is 1. The second-order valence-electron chi connectivity index (χ2n) is 10.8. The summed E-state index contributed by atoms with van der Waals surface area (Å²) in [5, 5.41) is 10.1. The lowest BCUT2D eigenvalue weighted by atomic mass is 9.74. The number of ether oxygens (including phenoxy) is 2. The van der Waals surface area contributed by atoms with Gasteiger partial charge in [-0.05, 0) is 62.0 Å². The molecule has 1 aliphatic carbocycles. The van der Waals surface area contributed by atoms with Gasteiger partial charge in [-0.2, -0.15) is 8.42 Å². The Morgan fingerprint density at radius 1 is 1.19 bits per heavy atom. The van der Waals surface area contributed by atoms with Crippen LogP contribution in [0.25, 0.3) is 10.6 Å². The third-order valence-electron chi connectivity index (χ3n) is 7.78. The summed E-state index contributed by atoms with van der Waals surface area (Å²) in [4.78, 5) is 15.4. The van der Waals surface area contributed by atoms with Crippen molar-refractivity contribution in [1.82, 2.24) is 4.98 Å². The average molecular weight is 623 g/mol. The normalized spacial score (nSPS) is 17.3. The highest BCUT2D eigenvalue weighted by atomic mass is 32.2.